The number of aliphatic hydroxyl groups excluding tert-OH is 2. The molecule has 0 fully saturated rings. The fourth-order valence-electron chi connectivity index (χ4n) is 0.672. The van der Waals surface area contributed by atoms with Crippen molar-refractivity contribution in [1.82, 2.24) is 0 Å². The van der Waals surface area contributed by atoms with Gasteiger partial charge in [0.05, 0.1) is 6.10 Å². The van der Waals surface area contributed by atoms with E-state index in [1.807, 2.05) is 0 Å². The normalized spacial score (nSPS) is 21.9. The van der Waals surface area contributed by atoms with Gasteiger partial charge in [-0.05, 0) is 6.92 Å². The number of nitrogens with two attached hydrogens (primary N) is 1. The van der Waals surface area contributed by atoms with Crippen molar-refractivity contribution in [3.63, 3.8) is 0 Å². The first-order chi connectivity index (χ1) is 4.91. The maximum atomic E-state index is 9.91. The summed E-state index contributed by atoms with van der Waals surface area (Å²) in [6, 6.07) is 0. The van der Waals surface area contributed by atoms with E-state index < -0.39 is 24.4 Å². The number of hydrogen-bond acceptors (Lipinski definition) is 5. The fraction of sp³-hybridized carbons (Fsp3) is 0.833. The Hall–Kier alpha value is -0.490. The molecule has 5 N–H and O–H groups in total. The molecule has 66 valence electrons. The van der Waals surface area contributed by atoms with Crippen LogP contribution in [0.15, 0.2) is 0 Å². The molecule has 0 aliphatic carbocycles. The van der Waals surface area contributed by atoms with Crippen molar-refractivity contribution >= 4 is 6.29 Å². The molecule has 5 heteroatoms. The smallest absolute Gasteiger partial charge is 0.148 e. The molecule has 0 aliphatic rings. The van der Waals surface area contributed by atoms with E-state index in [1.165, 1.54) is 6.92 Å². The zero-order valence-corrected chi connectivity index (χ0v) is 6.27. The van der Waals surface area contributed by atoms with Crippen LogP contribution in [0.5, 0.6) is 0 Å². The second-order valence-electron chi connectivity index (χ2n) is 2.55. The summed E-state index contributed by atoms with van der Waals surface area (Å²) in [7, 11) is 0. The lowest BCUT2D eigenvalue weighted by Crippen LogP contribution is -2.55. The van der Waals surface area contributed by atoms with Gasteiger partial charge >= 0.3 is 0 Å². The number of aliphatic hydroxyl groups is 3. The summed E-state index contributed by atoms with van der Waals surface area (Å²) in [5.74, 6) is 0. The van der Waals surface area contributed by atoms with Crippen molar-refractivity contribution in [2.45, 2.75) is 31.3 Å². The third kappa shape index (κ3) is 2.94. The minimum absolute atomic E-state index is 0.381. The van der Waals surface area contributed by atoms with Gasteiger partial charge in [-0.2, -0.15) is 0 Å². The second kappa shape index (κ2) is 3.77. The minimum Gasteiger partial charge on any atom is -0.391 e. The Morgan fingerprint density at radius 2 is 2.09 bits per heavy atom. The molecule has 0 aliphatic heterocycles. The lowest BCUT2D eigenvalue weighted by molar-refractivity contribution is -0.133. The van der Waals surface area contributed by atoms with Crippen molar-refractivity contribution in [1.29, 1.82) is 0 Å². The van der Waals surface area contributed by atoms with Crippen LogP contribution in [0.25, 0.3) is 0 Å². The molecule has 0 aromatic heterocycles. The Balaban J connectivity index is 4.15. The van der Waals surface area contributed by atoms with Crippen LogP contribution in [-0.4, -0.2) is 39.5 Å². The van der Waals surface area contributed by atoms with Crippen molar-refractivity contribution < 1.29 is 20.1 Å². The molecule has 0 radical (unpaired) electrons. The number of carbonyl (C=O) groups excluding carboxylic acids is 1. The van der Waals surface area contributed by atoms with Gasteiger partial charge in [0, 0.05) is 6.42 Å². The molecule has 0 spiro atoms. The zero-order chi connectivity index (χ0) is 9.07. The molecule has 3 atom stereocenters. The lowest BCUT2D eigenvalue weighted by Gasteiger charge is -2.28. The summed E-state index contributed by atoms with van der Waals surface area (Å²) in [5, 5.41) is 26.9. The number of carbonyl (C=O) groups is 1. The summed E-state index contributed by atoms with van der Waals surface area (Å²) >= 11 is 0. The van der Waals surface area contributed by atoms with Crippen molar-refractivity contribution in [3.05, 3.63) is 0 Å². The molecule has 0 rings (SSSR count). The molecule has 0 saturated heterocycles. The topological polar surface area (TPSA) is 104 Å². The second-order valence-corrected chi connectivity index (χ2v) is 2.55. The number of aldehydes is 1. The summed E-state index contributed by atoms with van der Waals surface area (Å²) < 4.78 is 0. The van der Waals surface area contributed by atoms with Gasteiger partial charge in [0.15, 0.2) is 0 Å². The van der Waals surface area contributed by atoms with Crippen molar-refractivity contribution in [2.75, 3.05) is 0 Å². The van der Waals surface area contributed by atoms with Crippen LogP contribution >= 0.6 is 0 Å². The van der Waals surface area contributed by atoms with Gasteiger partial charge in [0.25, 0.3) is 0 Å². The fourth-order valence-corrected chi connectivity index (χ4v) is 0.672. The molecule has 0 aromatic rings. The Bertz CT molecular complexity index is 135. The van der Waals surface area contributed by atoms with E-state index in [2.05, 4.69) is 0 Å². The van der Waals surface area contributed by atoms with Gasteiger partial charge in [-0.1, -0.05) is 0 Å². The standard InChI is InChI=1S/C6H13NO4/c1-4(9)5(10)6(7,11)2-3-8/h3-5,9-11H,2,7H2,1H3/t4-,5+,6-/m0/s1. The summed E-state index contributed by atoms with van der Waals surface area (Å²) in [6.45, 7) is 1.27. The lowest BCUT2D eigenvalue weighted by atomic mass is 10.0. The first-order valence-electron chi connectivity index (χ1n) is 3.23. The third-order valence-corrected chi connectivity index (χ3v) is 1.38. The zero-order valence-electron chi connectivity index (χ0n) is 6.27. The monoisotopic (exact) mass is 163 g/mol. The van der Waals surface area contributed by atoms with E-state index in [-0.39, 0.29) is 0 Å². The van der Waals surface area contributed by atoms with Gasteiger partial charge in [-0.25, -0.2) is 0 Å². The van der Waals surface area contributed by atoms with Gasteiger partial charge in [0.2, 0.25) is 0 Å². The predicted molar refractivity (Wildman–Crippen MR) is 37.5 cm³/mol. The van der Waals surface area contributed by atoms with Crippen LogP contribution in [0, 0.1) is 0 Å². The maximum absolute atomic E-state index is 9.91. The van der Waals surface area contributed by atoms with E-state index in [0.717, 1.165) is 0 Å². The van der Waals surface area contributed by atoms with Crippen molar-refractivity contribution in [3.8, 4) is 0 Å². The summed E-state index contributed by atoms with van der Waals surface area (Å²) in [4.78, 5) is 9.91. The highest BCUT2D eigenvalue weighted by Crippen LogP contribution is 2.10. The predicted octanol–water partition coefficient (Wildman–Crippen LogP) is -2.04. The summed E-state index contributed by atoms with van der Waals surface area (Å²) in [5.41, 5.74) is 3.05. The molecule has 0 unspecified atom stereocenters. The molecule has 11 heavy (non-hydrogen) atoms. The van der Waals surface area contributed by atoms with E-state index in [4.69, 9.17) is 21.1 Å². The van der Waals surface area contributed by atoms with Crippen LogP contribution in [0.1, 0.15) is 13.3 Å². The van der Waals surface area contributed by atoms with E-state index in [0.29, 0.717) is 6.29 Å². The Morgan fingerprint density at radius 1 is 1.64 bits per heavy atom. The average Bonchev–Trinajstić information content (AvgIpc) is 1.86. The molecule has 0 bridgehead atoms. The van der Waals surface area contributed by atoms with E-state index >= 15 is 0 Å². The molecule has 0 aromatic carbocycles. The molecule has 5 nitrogen and oxygen atoms in total. The van der Waals surface area contributed by atoms with E-state index in [9.17, 15) is 4.79 Å². The molecule has 0 heterocycles. The highest BCUT2D eigenvalue weighted by Gasteiger charge is 2.33. The number of hydrogen-bond donors (Lipinski definition) is 4. The Labute approximate surface area is 64.4 Å². The third-order valence-electron chi connectivity index (χ3n) is 1.38. The highest BCUT2D eigenvalue weighted by molar-refractivity contribution is 5.51. The van der Waals surface area contributed by atoms with Crippen LogP contribution in [0.4, 0.5) is 0 Å². The van der Waals surface area contributed by atoms with Crippen LogP contribution in [0.3, 0.4) is 0 Å². The molecular weight excluding hydrogens is 150 g/mol. The largest absolute Gasteiger partial charge is 0.391 e. The Morgan fingerprint density at radius 3 is 2.36 bits per heavy atom. The van der Waals surface area contributed by atoms with Crippen LogP contribution in [0.2, 0.25) is 0 Å². The quantitative estimate of drug-likeness (QED) is 0.282. The molecule has 0 amide bonds. The van der Waals surface area contributed by atoms with Gasteiger partial charge in [-0.3, -0.25) is 0 Å². The minimum atomic E-state index is -2.03. The van der Waals surface area contributed by atoms with E-state index in [1.54, 1.807) is 0 Å². The first kappa shape index (κ1) is 10.5. The SMILES string of the molecule is C[C@H](O)[C@@H](O)[C@@](N)(O)CC=O. The van der Waals surface area contributed by atoms with Crippen molar-refractivity contribution in [2.24, 2.45) is 5.73 Å². The van der Waals surface area contributed by atoms with Gasteiger partial charge in [-0.15, -0.1) is 0 Å². The van der Waals surface area contributed by atoms with Crippen LogP contribution < -0.4 is 5.73 Å². The molecule has 0 saturated carbocycles. The summed E-state index contributed by atoms with van der Waals surface area (Å²) in [6.07, 6.45) is -2.69. The maximum Gasteiger partial charge on any atom is 0.148 e. The highest BCUT2D eigenvalue weighted by atomic mass is 16.4. The van der Waals surface area contributed by atoms with Gasteiger partial charge in [0.1, 0.15) is 18.1 Å². The first-order valence-corrected chi connectivity index (χ1v) is 3.23. The average molecular weight is 163 g/mol. The number of rotatable bonds is 4. The molecular formula is C6H13NO4. The van der Waals surface area contributed by atoms with Gasteiger partial charge < -0.3 is 25.8 Å². The Kier molecular flexibility index (Phi) is 3.61. The van der Waals surface area contributed by atoms with Crippen LogP contribution in [-0.2, 0) is 4.79 Å².